The summed E-state index contributed by atoms with van der Waals surface area (Å²) in [6, 6.07) is 16.9. The van der Waals surface area contributed by atoms with E-state index in [2.05, 4.69) is 67.4 Å². The van der Waals surface area contributed by atoms with Crippen molar-refractivity contribution in [2.75, 3.05) is 0 Å². The van der Waals surface area contributed by atoms with E-state index < -0.39 is 0 Å². The van der Waals surface area contributed by atoms with Gasteiger partial charge in [-0.2, -0.15) is 0 Å². The van der Waals surface area contributed by atoms with Crippen LogP contribution in [-0.4, -0.2) is 6.21 Å². The van der Waals surface area contributed by atoms with Crippen LogP contribution in [0.1, 0.15) is 22.3 Å². The van der Waals surface area contributed by atoms with Crippen LogP contribution in [0.2, 0.25) is 0 Å². The average molecular weight is 223 g/mol. The Morgan fingerprint density at radius 2 is 1.35 bits per heavy atom. The largest absolute Gasteiger partial charge is 0.288 e. The van der Waals surface area contributed by atoms with Crippen molar-refractivity contribution in [3.05, 3.63) is 70.8 Å². The van der Waals surface area contributed by atoms with E-state index >= 15 is 0 Å². The monoisotopic (exact) mass is 223 g/mol. The molecule has 0 saturated heterocycles. The fourth-order valence-corrected chi connectivity index (χ4v) is 1.60. The van der Waals surface area contributed by atoms with Gasteiger partial charge in [-0.1, -0.05) is 59.7 Å². The van der Waals surface area contributed by atoms with Crippen LogP contribution in [0.25, 0.3) is 0 Å². The molecule has 0 N–H and O–H groups in total. The molecule has 2 aromatic rings. The van der Waals surface area contributed by atoms with Gasteiger partial charge in [-0.3, -0.25) is 4.99 Å². The summed E-state index contributed by atoms with van der Waals surface area (Å²) in [6.45, 7) is 4.93. The summed E-state index contributed by atoms with van der Waals surface area (Å²) < 4.78 is 0. The van der Waals surface area contributed by atoms with Crippen molar-refractivity contribution in [3.63, 3.8) is 0 Å². The van der Waals surface area contributed by atoms with Crippen molar-refractivity contribution in [2.45, 2.75) is 20.4 Å². The lowest BCUT2D eigenvalue weighted by Gasteiger charge is -1.98. The molecule has 0 bridgehead atoms. The number of nitrogens with zero attached hydrogens (tertiary/aromatic N) is 1. The molecule has 0 aliphatic heterocycles. The number of hydrogen-bond acceptors (Lipinski definition) is 1. The molecular weight excluding hydrogens is 206 g/mol. The van der Waals surface area contributed by atoms with E-state index in [1.807, 2.05) is 6.21 Å². The first-order valence-electron chi connectivity index (χ1n) is 5.86. The summed E-state index contributed by atoms with van der Waals surface area (Å²) in [5.74, 6) is 0. The Morgan fingerprint density at radius 3 is 1.94 bits per heavy atom. The number of rotatable bonds is 3. The standard InChI is InChI=1S/C16H17N/c1-13-3-7-15(8-4-13)11-17-12-16-9-5-14(2)6-10-16/h3-11H,12H2,1-2H3/b17-11+. The summed E-state index contributed by atoms with van der Waals surface area (Å²) in [5, 5.41) is 0. The third kappa shape index (κ3) is 3.56. The molecule has 0 heterocycles. The smallest absolute Gasteiger partial charge is 0.0639 e. The van der Waals surface area contributed by atoms with E-state index in [0.717, 1.165) is 12.1 Å². The predicted molar refractivity (Wildman–Crippen MR) is 73.7 cm³/mol. The molecule has 0 radical (unpaired) electrons. The van der Waals surface area contributed by atoms with Crippen LogP contribution >= 0.6 is 0 Å². The zero-order valence-corrected chi connectivity index (χ0v) is 10.4. The molecule has 2 rings (SSSR count). The van der Waals surface area contributed by atoms with Crippen LogP contribution < -0.4 is 0 Å². The summed E-state index contributed by atoms with van der Waals surface area (Å²) in [7, 11) is 0. The lowest BCUT2D eigenvalue weighted by Crippen LogP contribution is -1.85. The van der Waals surface area contributed by atoms with Gasteiger partial charge in [0.15, 0.2) is 0 Å². The van der Waals surface area contributed by atoms with Crippen molar-refractivity contribution in [3.8, 4) is 0 Å². The van der Waals surface area contributed by atoms with Gasteiger partial charge in [-0.15, -0.1) is 0 Å². The topological polar surface area (TPSA) is 12.4 Å². The van der Waals surface area contributed by atoms with Gasteiger partial charge in [0.1, 0.15) is 0 Å². The minimum atomic E-state index is 0.744. The van der Waals surface area contributed by atoms with Crippen LogP contribution in [-0.2, 0) is 6.54 Å². The van der Waals surface area contributed by atoms with Crippen molar-refractivity contribution in [1.29, 1.82) is 0 Å². The van der Waals surface area contributed by atoms with Crippen LogP contribution in [0.3, 0.4) is 0 Å². The van der Waals surface area contributed by atoms with E-state index in [-0.39, 0.29) is 0 Å². The van der Waals surface area contributed by atoms with Gasteiger partial charge >= 0.3 is 0 Å². The molecule has 0 saturated carbocycles. The van der Waals surface area contributed by atoms with Crippen LogP contribution in [0.15, 0.2) is 53.5 Å². The molecule has 0 aliphatic rings. The molecule has 1 nitrogen and oxygen atoms in total. The van der Waals surface area contributed by atoms with Gasteiger partial charge < -0.3 is 0 Å². The summed E-state index contributed by atoms with van der Waals surface area (Å²) in [6.07, 6.45) is 1.93. The van der Waals surface area contributed by atoms with Gasteiger partial charge in [0.25, 0.3) is 0 Å². The van der Waals surface area contributed by atoms with Crippen LogP contribution in [0, 0.1) is 13.8 Å². The maximum absolute atomic E-state index is 4.45. The normalized spacial score (nSPS) is 10.9. The van der Waals surface area contributed by atoms with Crippen molar-refractivity contribution in [1.82, 2.24) is 0 Å². The Hall–Kier alpha value is -1.89. The van der Waals surface area contributed by atoms with Gasteiger partial charge in [-0.05, 0) is 25.0 Å². The fourth-order valence-electron chi connectivity index (χ4n) is 1.60. The van der Waals surface area contributed by atoms with Crippen molar-refractivity contribution >= 4 is 6.21 Å². The summed E-state index contributed by atoms with van der Waals surface area (Å²) >= 11 is 0. The van der Waals surface area contributed by atoms with E-state index in [1.54, 1.807) is 0 Å². The van der Waals surface area contributed by atoms with E-state index in [4.69, 9.17) is 0 Å². The van der Waals surface area contributed by atoms with Crippen molar-refractivity contribution in [2.24, 2.45) is 4.99 Å². The van der Waals surface area contributed by atoms with E-state index in [1.165, 1.54) is 16.7 Å². The second kappa shape index (κ2) is 5.44. The number of benzene rings is 2. The maximum atomic E-state index is 4.45. The maximum Gasteiger partial charge on any atom is 0.0639 e. The highest BCUT2D eigenvalue weighted by Gasteiger charge is 1.90. The molecule has 86 valence electrons. The molecule has 1 heteroatoms. The van der Waals surface area contributed by atoms with Crippen LogP contribution in [0.5, 0.6) is 0 Å². The third-order valence-electron chi connectivity index (χ3n) is 2.71. The minimum absolute atomic E-state index is 0.744. The number of hydrogen-bond donors (Lipinski definition) is 0. The first kappa shape index (κ1) is 11.6. The second-order valence-electron chi connectivity index (χ2n) is 4.37. The Bertz CT molecular complexity index is 492. The molecular formula is C16H17N. The molecule has 0 aromatic heterocycles. The summed E-state index contributed by atoms with van der Waals surface area (Å²) in [5.41, 5.74) is 4.97. The van der Waals surface area contributed by atoms with Crippen molar-refractivity contribution < 1.29 is 0 Å². The first-order chi connectivity index (χ1) is 8.24. The molecule has 0 unspecified atom stereocenters. The fraction of sp³-hybridized carbons (Fsp3) is 0.188. The van der Waals surface area contributed by atoms with Gasteiger partial charge in [0, 0.05) is 6.21 Å². The molecule has 0 amide bonds. The lowest BCUT2D eigenvalue weighted by atomic mass is 10.1. The zero-order valence-electron chi connectivity index (χ0n) is 10.4. The quantitative estimate of drug-likeness (QED) is 0.699. The molecule has 0 spiro atoms. The lowest BCUT2D eigenvalue weighted by molar-refractivity contribution is 1.07. The molecule has 2 aromatic carbocycles. The number of aryl methyl sites for hydroxylation is 2. The minimum Gasteiger partial charge on any atom is -0.288 e. The Morgan fingerprint density at radius 1 is 0.824 bits per heavy atom. The molecule has 17 heavy (non-hydrogen) atoms. The third-order valence-corrected chi connectivity index (χ3v) is 2.71. The highest BCUT2D eigenvalue weighted by Crippen LogP contribution is 2.05. The Kier molecular flexibility index (Phi) is 3.71. The van der Waals surface area contributed by atoms with Gasteiger partial charge in [-0.25, -0.2) is 0 Å². The molecule has 0 fully saturated rings. The predicted octanol–water partition coefficient (Wildman–Crippen LogP) is 3.92. The Labute approximate surface area is 103 Å². The second-order valence-corrected chi connectivity index (χ2v) is 4.37. The zero-order chi connectivity index (χ0) is 12.1. The summed E-state index contributed by atoms with van der Waals surface area (Å²) in [4.78, 5) is 4.45. The van der Waals surface area contributed by atoms with E-state index in [0.29, 0.717) is 0 Å². The van der Waals surface area contributed by atoms with E-state index in [9.17, 15) is 0 Å². The average Bonchev–Trinajstić information content (AvgIpc) is 2.34. The van der Waals surface area contributed by atoms with Gasteiger partial charge in [0.2, 0.25) is 0 Å². The first-order valence-corrected chi connectivity index (χ1v) is 5.86. The van der Waals surface area contributed by atoms with Gasteiger partial charge in [0.05, 0.1) is 6.54 Å². The highest BCUT2D eigenvalue weighted by molar-refractivity contribution is 5.79. The SMILES string of the molecule is Cc1ccc(/C=N/Cc2ccc(C)cc2)cc1. The van der Waals surface area contributed by atoms with Crippen LogP contribution in [0.4, 0.5) is 0 Å². The molecule has 0 atom stereocenters. The highest BCUT2D eigenvalue weighted by atomic mass is 14.7. The number of aliphatic imine (C=N–C) groups is 1. The molecule has 0 aliphatic carbocycles. The Balaban J connectivity index is 1.97.